The summed E-state index contributed by atoms with van der Waals surface area (Å²) < 4.78 is 0. The zero-order valence-corrected chi connectivity index (χ0v) is 12.2. The number of ketones is 1. The first-order valence-electron chi connectivity index (χ1n) is 6.08. The van der Waals surface area contributed by atoms with E-state index in [0.29, 0.717) is 13.0 Å². The minimum atomic E-state index is -0.300. The Balaban J connectivity index is 4.15. The maximum atomic E-state index is 11.8. The number of hydrogen-bond acceptors (Lipinski definition) is 2. The van der Waals surface area contributed by atoms with Gasteiger partial charge in [0.05, 0.1) is 0 Å². The van der Waals surface area contributed by atoms with Crippen molar-refractivity contribution >= 4 is 5.78 Å². The lowest BCUT2D eigenvalue weighted by Crippen LogP contribution is -2.26. The van der Waals surface area contributed by atoms with Gasteiger partial charge in [0.1, 0.15) is 5.78 Å². The molecule has 0 spiro atoms. The molecule has 0 saturated heterocycles. The Bertz CT molecular complexity index is 313. The second-order valence-corrected chi connectivity index (χ2v) is 6.66. The van der Waals surface area contributed by atoms with Crippen LogP contribution in [0.5, 0.6) is 0 Å². The van der Waals surface area contributed by atoms with Crippen molar-refractivity contribution in [2.45, 2.75) is 48.0 Å². The Morgan fingerprint density at radius 3 is 1.82 bits per heavy atom. The van der Waals surface area contributed by atoms with Gasteiger partial charge in [-0.25, -0.2) is 0 Å². The highest BCUT2D eigenvalue weighted by Crippen LogP contribution is 2.23. The maximum Gasteiger partial charge on any atom is 0.144 e. The molecular weight excluding hydrogens is 210 g/mol. The van der Waals surface area contributed by atoms with Crippen LogP contribution in [-0.4, -0.2) is 12.3 Å². The number of Topliss-reactive ketones (excluding diaryl/α,β-unsaturated/α-hetero) is 1. The fraction of sp³-hybridized carbons (Fsp3) is 0.667. The molecule has 1 N–H and O–H groups in total. The highest BCUT2D eigenvalue weighted by molar-refractivity contribution is 5.85. The van der Waals surface area contributed by atoms with Crippen LogP contribution in [0, 0.1) is 10.8 Å². The molecule has 0 aliphatic carbocycles. The quantitative estimate of drug-likeness (QED) is 0.739. The van der Waals surface area contributed by atoms with Crippen LogP contribution in [0.4, 0.5) is 0 Å². The SMILES string of the molecule is C=C(CC(=O)C(C)(C)C)NCC(=C)C(C)(C)C. The average molecular weight is 237 g/mol. The number of allylic oxidation sites excluding steroid dienone is 1. The van der Waals surface area contributed by atoms with Crippen molar-refractivity contribution in [1.29, 1.82) is 0 Å². The van der Waals surface area contributed by atoms with Crippen LogP contribution in [0.25, 0.3) is 0 Å². The van der Waals surface area contributed by atoms with E-state index in [1.54, 1.807) is 0 Å². The third-order valence-electron chi connectivity index (χ3n) is 2.82. The lowest BCUT2D eigenvalue weighted by Gasteiger charge is -2.23. The fourth-order valence-electron chi connectivity index (χ4n) is 1.02. The first-order valence-corrected chi connectivity index (χ1v) is 6.08. The summed E-state index contributed by atoms with van der Waals surface area (Å²) in [6.07, 6.45) is 0.390. The molecule has 0 bridgehead atoms. The predicted molar refractivity (Wildman–Crippen MR) is 74.8 cm³/mol. The second kappa shape index (κ2) is 5.52. The molecule has 0 aliphatic rings. The van der Waals surface area contributed by atoms with Crippen molar-refractivity contribution in [3.8, 4) is 0 Å². The lowest BCUT2D eigenvalue weighted by molar-refractivity contribution is -0.125. The Morgan fingerprint density at radius 1 is 1.00 bits per heavy atom. The third kappa shape index (κ3) is 6.30. The normalized spacial score (nSPS) is 12.1. The third-order valence-corrected chi connectivity index (χ3v) is 2.82. The fourth-order valence-corrected chi connectivity index (χ4v) is 1.02. The van der Waals surface area contributed by atoms with Crippen molar-refractivity contribution in [3.05, 3.63) is 24.4 Å². The van der Waals surface area contributed by atoms with Crippen molar-refractivity contribution in [1.82, 2.24) is 5.32 Å². The Labute approximate surface area is 106 Å². The summed E-state index contributed by atoms with van der Waals surface area (Å²) in [6.45, 7) is 20.8. The molecule has 0 fully saturated rings. The molecular formula is C15H27NO. The van der Waals surface area contributed by atoms with Gasteiger partial charge in [-0.3, -0.25) is 4.79 Å². The molecule has 2 heteroatoms. The van der Waals surface area contributed by atoms with Gasteiger partial charge in [0.25, 0.3) is 0 Å². The monoisotopic (exact) mass is 237 g/mol. The van der Waals surface area contributed by atoms with Gasteiger partial charge in [-0.2, -0.15) is 0 Å². The van der Waals surface area contributed by atoms with Gasteiger partial charge in [0, 0.05) is 24.1 Å². The summed E-state index contributed by atoms with van der Waals surface area (Å²) in [7, 11) is 0. The molecule has 0 amide bonds. The van der Waals surface area contributed by atoms with Gasteiger partial charge in [0.15, 0.2) is 0 Å². The van der Waals surface area contributed by atoms with Crippen LogP contribution in [0.3, 0.4) is 0 Å². The summed E-state index contributed by atoms with van der Waals surface area (Å²) in [5.41, 5.74) is 1.67. The standard InChI is InChI=1S/C15H27NO/c1-11(14(3,4)5)10-16-12(2)9-13(17)15(6,7)8/h16H,1-2,9-10H2,3-8H3. The molecule has 0 radical (unpaired) electrons. The minimum absolute atomic E-state index is 0.0846. The summed E-state index contributed by atoms with van der Waals surface area (Å²) >= 11 is 0. The van der Waals surface area contributed by atoms with E-state index in [1.165, 1.54) is 0 Å². The highest BCUT2D eigenvalue weighted by atomic mass is 16.1. The van der Waals surface area contributed by atoms with E-state index in [2.05, 4.69) is 39.2 Å². The van der Waals surface area contributed by atoms with E-state index in [4.69, 9.17) is 0 Å². The molecule has 0 aromatic rings. The topological polar surface area (TPSA) is 29.1 Å². The molecule has 0 atom stereocenters. The molecule has 0 heterocycles. The van der Waals surface area contributed by atoms with E-state index >= 15 is 0 Å². The van der Waals surface area contributed by atoms with E-state index in [-0.39, 0.29) is 16.6 Å². The van der Waals surface area contributed by atoms with Crippen molar-refractivity contribution in [2.24, 2.45) is 10.8 Å². The van der Waals surface area contributed by atoms with E-state index in [9.17, 15) is 4.79 Å². The zero-order valence-electron chi connectivity index (χ0n) is 12.2. The van der Waals surface area contributed by atoms with Crippen LogP contribution < -0.4 is 5.32 Å². The van der Waals surface area contributed by atoms with Crippen LogP contribution >= 0.6 is 0 Å². The van der Waals surface area contributed by atoms with Gasteiger partial charge in [-0.05, 0) is 5.41 Å². The van der Waals surface area contributed by atoms with E-state index < -0.39 is 0 Å². The molecule has 0 aliphatic heterocycles. The Kier molecular flexibility index (Phi) is 5.18. The molecule has 2 nitrogen and oxygen atoms in total. The first kappa shape index (κ1) is 16.0. The molecule has 17 heavy (non-hydrogen) atoms. The Morgan fingerprint density at radius 2 is 1.47 bits per heavy atom. The summed E-state index contributed by atoms with van der Waals surface area (Å²) in [5.74, 6) is 0.205. The maximum absolute atomic E-state index is 11.8. The summed E-state index contributed by atoms with van der Waals surface area (Å²) in [6, 6.07) is 0. The molecule has 0 unspecified atom stereocenters. The van der Waals surface area contributed by atoms with Crippen LogP contribution in [0.15, 0.2) is 24.4 Å². The van der Waals surface area contributed by atoms with Crippen molar-refractivity contribution < 1.29 is 4.79 Å². The summed E-state index contributed by atoms with van der Waals surface area (Å²) in [4.78, 5) is 11.8. The second-order valence-electron chi connectivity index (χ2n) is 6.66. The van der Waals surface area contributed by atoms with Crippen molar-refractivity contribution in [2.75, 3.05) is 6.54 Å². The first-order chi connectivity index (χ1) is 7.44. The van der Waals surface area contributed by atoms with E-state index in [1.807, 2.05) is 20.8 Å². The number of carbonyl (C=O) groups is 1. The van der Waals surface area contributed by atoms with Crippen LogP contribution in [0.1, 0.15) is 48.0 Å². The average Bonchev–Trinajstić information content (AvgIpc) is 2.10. The largest absolute Gasteiger partial charge is 0.385 e. The molecule has 0 saturated carbocycles. The number of hydrogen-bond donors (Lipinski definition) is 1. The minimum Gasteiger partial charge on any atom is -0.385 e. The van der Waals surface area contributed by atoms with Gasteiger partial charge in [-0.15, -0.1) is 0 Å². The van der Waals surface area contributed by atoms with Gasteiger partial charge in [0.2, 0.25) is 0 Å². The molecule has 0 rings (SSSR count). The van der Waals surface area contributed by atoms with Crippen LogP contribution in [0.2, 0.25) is 0 Å². The molecule has 98 valence electrons. The highest BCUT2D eigenvalue weighted by Gasteiger charge is 2.21. The van der Waals surface area contributed by atoms with Gasteiger partial charge in [-0.1, -0.05) is 60.3 Å². The van der Waals surface area contributed by atoms with Crippen molar-refractivity contribution in [3.63, 3.8) is 0 Å². The lowest BCUT2D eigenvalue weighted by atomic mass is 9.87. The zero-order chi connectivity index (χ0) is 13.9. The number of nitrogens with one attached hydrogen (secondary N) is 1. The molecule has 0 aromatic heterocycles. The van der Waals surface area contributed by atoms with Gasteiger partial charge >= 0.3 is 0 Å². The number of rotatable bonds is 5. The summed E-state index contributed by atoms with van der Waals surface area (Å²) in [5, 5.41) is 3.18. The predicted octanol–water partition coefficient (Wildman–Crippen LogP) is 3.70. The number of carbonyl (C=O) groups excluding carboxylic acids is 1. The Hall–Kier alpha value is -1.05. The van der Waals surface area contributed by atoms with Gasteiger partial charge < -0.3 is 5.32 Å². The van der Waals surface area contributed by atoms with E-state index in [0.717, 1.165) is 11.3 Å². The smallest absolute Gasteiger partial charge is 0.144 e. The van der Waals surface area contributed by atoms with Crippen LogP contribution in [-0.2, 0) is 4.79 Å². The molecule has 0 aromatic carbocycles.